The predicted molar refractivity (Wildman–Crippen MR) is 262 cm³/mol. The number of likely N-dealkylation sites (N-methyl/N-ethyl adjacent to an activating group) is 1. The summed E-state index contributed by atoms with van der Waals surface area (Å²) in [4.78, 5) is 97.3. The summed E-state index contributed by atoms with van der Waals surface area (Å²) >= 11 is 0. The Kier molecular flexibility index (Phi) is 23.8. The van der Waals surface area contributed by atoms with Crippen molar-refractivity contribution in [2.75, 3.05) is 34.4 Å². The largest absolute Gasteiger partial charge is 0.379 e. The molecule has 10 unspecified atom stereocenters. The van der Waals surface area contributed by atoms with Crippen LogP contribution in [-0.2, 0) is 49.5 Å². The topological polar surface area (TPSA) is 195 Å². The molecule has 2 aliphatic rings. The second kappa shape index (κ2) is 27.9. The van der Waals surface area contributed by atoms with E-state index in [-0.39, 0.29) is 84.2 Å². The lowest BCUT2D eigenvalue weighted by molar-refractivity contribution is -0.149. The van der Waals surface area contributed by atoms with Crippen molar-refractivity contribution in [1.29, 1.82) is 0 Å². The summed E-state index contributed by atoms with van der Waals surface area (Å²) < 4.78 is 12.1. The fourth-order valence-electron chi connectivity index (χ4n) is 10.1. The summed E-state index contributed by atoms with van der Waals surface area (Å²) in [6.45, 7) is 15.9. The van der Waals surface area contributed by atoms with E-state index >= 15 is 0 Å². The number of Topliss-reactive ketones (excluding diaryl/α,β-unsaturated/α-hetero) is 3. The van der Waals surface area contributed by atoms with Crippen molar-refractivity contribution in [2.45, 2.75) is 188 Å². The van der Waals surface area contributed by atoms with E-state index in [2.05, 4.69) is 10.6 Å². The Morgan fingerprint density at radius 2 is 1.61 bits per heavy atom. The van der Waals surface area contributed by atoms with Crippen LogP contribution in [0, 0.1) is 35.5 Å². The lowest BCUT2D eigenvalue weighted by atomic mass is 9.83. The monoisotopic (exact) mass is 938 g/mol. The molecule has 0 bridgehead atoms. The van der Waals surface area contributed by atoms with E-state index in [9.17, 15) is 33.6 Å². The van der Waals surface area contributed by atoms with Gasteiger partial charge in [-0.05, 0) is 82.6 Å². The van der Waals surface area contributed by atoms with Gasteiger partial charge >= 0.3 is 0 Å². The van der Waals surface area contributed by atoms with Gasteiger partial charge in [0, 0.05) is 90.3 Å². The molecule has 2 aliphatic heterocycles. The Morgan fingerprint density at radius 3 is 2.19 bits per heavy atom. The average Bonchev–Trinajstić information content (AvgIpc) is 3.90. The van der Waals surface area contributed by atoms with Gasteiger partial charge in [0.1, 0.15) is 11.6 Å². The first-order valence-electron chi connectivity index (χ1n) is 25.2. The number of ether oxygens (including phenoxy) is 2. The van der Waals surface area contributed by atoms with Crippen LogP contribution in [0.2, 0.25) is 0 Å². The highest BCUT2D eigenvalue weighted by molar-refractivity contribution is 5.92. The van der Waals surface area contributed by atoms with Crippen LogP contribution in [0.15, 0.2) is 30.3 Å². The zero-order valence-electron chi connectivity index (χ0n) is 42.9. The molecule has 2 heterocycles. The van der Waals surface area contributed by atoms with Crippen molar-refractivity contribution in [3.05, 3.63) is 35.9 Å². The molecule has 2 fully saturated rings. The van der Waals surface area contributed by atoms with Crippen LogP contribution in [0.25, 0.3) is 0 Å². The second-order valence-electron chi connectivity index (χ2n) is 20.7. The number of nitrogens with zero attached hydrogens (tertiary/aromatic N) is 2. The summed E-state index contributed by atoms with van der Waals surface area (Å²) in [5.41, 5.74) is 5.98. The predicted octanol–water partition coefficient (Wildman–Crippen LogP) is 6.63. The number of ketones is 3. The van der Waals surface area contributed by atoms with Crippen LogP contribution in [-0.4, -0.2) is 121 Å². The zero-order chi connectivity index (χ0) is 50.0. The average molecular weight is 938 g/mol. The molecule has 14 nitrogen and oxygen atoms in total. The van der Waals surface area contributed by atoms with Crippen molar-refractivity contribution in [3.63, 3.8) is 0 Å². The molecule has 1 aromatic carbocycles. The van der Waals surface area contributed by atoms with E-state index in [1.54, 1.807) is 44.9 Å². The minimum absolute atomic E-state index is 0.00629. The molecule has 10 atom stereocenters. The standard InChI is InChI=1S/C53H87N5O9/c1-12-35(4)49(57(9)52(65)42(34(2)3)32-46(61)53(7,8)54)45(66-10)33-48(63)58-28-20-26-43(58)50(67-11)36(5)44(60)30-40(29-38-21-15-13-16-22-38)51(64)55-27-19-25-41(59)24-18-14-17-23-39-31-47(62)56-37(39)6/h13,15-16,21-22,34-37,39-40,42-43,45,49-50H,12,14,17-20,23-33,54H2,1-11H3,(H,55,64)(H,56,62). The van der Waals surface area contributed by atoms with E-state index in [0.29, 0.717) is 57.5 Å². The van der Waals surface area contributed by atoms with Gasteiger partial charge in [-0.15, -0.1) is 0 Å². The molecule has 2 saturated heterocycles. The van der Waals surface area contributed by atoms with Crippen LogP contribution < -0.4 is 16.4 Å². The lowest BCUT2D eigenvalue weighted by Crippen LogP contribution is -2.54. The maximum Gasteiger partial charge on any atom is 0.226 e. The van der Waals surface area contributed by atoms with Crippen LogP contribution in [0.1, 0.15) is 151 Å². The molecule has 0 aromatic heterocycles. The number of likely N-dealkylation sites (tertiary alicyclic amines) is 1. The lowest BCUT2D eigenvalue weighted by Gasteiger charge is -2.41. The van der Waals surface area contributed by atoms with Crippen LogP contribution in [0.5, 0.6) is 0 Å². The summed E-state index contributed by atoms with van der Waals surface area (Å²) in [6, 6.07) is 8.97. The first-order chi connectivity index (χ1) is 31.6. The Hall–Kier alpha value is -4.01. The minimum atomic E-state index is -1.07. The van der Waals surface area contributed by atoms with Gasteiger partial charge in [-0.2, -0.15) is 0 Å². The summed E-state index contributed by atoms with van der Waals surface area (Å²) in [5.74, 6) is -2.26. The Bertz CT molecular complexity index is 1770. The van der Waals surface area contributed by atoms with Gasteiger partial charge in [-0.25, -0.2) is 0 Å². The molecule has 1 aromatic rings. The molecule has 67 heavy (non-hydrogen) atoms. The first kappa shape index (κ1) is 57.3. The third kappa shape index (κ3) is 17.5. The third-order valence-corrected chi connectivity index (χ3v) is 14.7. The smallest absolute Gasteiger partial charge is 0.226 e. The number of methoxy groups -OCH3 is 2. The molecule has 378 valence electrons. The molecule has 3 rings (SSSR count). The normalized spacial score (nSPS) is 20.6. The van der Waals surface area contributed by atoms with E-state index in [4.69, 9.17) is 15.2 Å². The number of carbonyl (C=O) groups is 7. The number of unbranched alkanes of at least 4 members (excludes halogenated alkanes) is 2. The highest BCUT2D eigenvalue weighted by Gasteiger charge is 2.43. The molecule has 0 radical (unpaired) electrons. The van der Waals surface area contributed by atoms with Gasteiger partial charge in [0.2, 0.25) is 23.6 Å². The third-order valence-electron chi connectivity index (χ3n) is 14.7. The van der Waals surface area contributed by atoms with Gasteiger partial charge in [0.15, 0.2) is 5.78 Å². The second-order valence-corrected chi connectivity index (χ2v) is 20.7. The highest BCUT2D eigenvalue weighted by Crippen LogP contribution is 2.32. The van der Waals surface area contributed by atoms with Crippen LogP contribution in [0.4, 0.5) is 0 Å². The Balaban J connectivity index is 1.65. The Labute approximate surface area is 402 Å². The van der Waals surface area contributed by atoms with Gasteiger partial charge < -0.3 is 35.6 Å². The summed E-state index contributed by atoms with van der Waals surface area (Å²) in [5, 5.41) is 5.97. The van der Waals surface area contributed by atoms with Gasteiger partial charge in [-0.1, -0.05) is 84.2 Å². The molecule has 4 amide bonds. The van der Waals surface area contributed by atoms with Crippen molar-refractivity contribution in [3.8, 4) is 0 Å². The number of rotatable bonds is 31. The van der Waals surface area contributed by atoms with Gasteiger partial charge in [0.25, 0.3) is 0 Å². The number of hydrogen-bond acceptors (Lipinski definition) is 10. The first-order valence-corrected chi connectivity index (χ1v) is 25.2. The van der Waals surface area contributed by atoms with Crippen molar-refractivity contribution in [2.24, 2.45) is 41.2 Å². The summed E-state index contributed by atoms with van der Waals surface area (Å²) in [6.07, 6.45) is 6.91. The minimum Gasteiger partial charge on any atom is -0.379 e. The zero-order valence-corrected chi connectivity index (χ0v) is 42.9. The fraction of sp³-hybridized carbons (Fsp3) is 0.755. The van der Waals surface area contributed by atoms with E-state index in [1.165, 1.54) is 0 Å². The number of carbonyl (C=O) groups excluding carboxylic acids is 7. The number of benzene rings is 1. The Morgan fingerprint density at radius 1 is 0.940 bits per heavy atom. The molecule has 0 spiro atoms. The van der Waals surface area contributed by atoms with Crippen molar-refractivity contribution in [1.82, 2.24) is 20.4 Å². The maximum atomic E-state index is 14.4. The number of hydrogen-bond donors (Lipinski definition) is 3. The van der Waals surface area contributed by atoms with E-state index in [0.717, 1.165) is 44.1 Å². The van der Waals surface area contributed by atoms with E-state index < -0.39 is 41.5 Å². The van der Waals surface area contributed by atoms with Gasteiger partial charge in [-0.3, -0.25) is 33.6 Å². The van der Waals surface area contributed by atoms with Crippen molar-refractivity contribution < 1.29 is 43.0 Å². The van der Waals surface area contributed by atoms with Crippen LogP contribution in [0.3, 0.4) is 0 Å². The molecule has 0 aliphatic carbocycles. The number of amides is 4. The molecular weight excluding hydrogens is 851 g/mol. The highest BCUT2D eigenvalue weighted by atomic mass is 16.5. The quantitative estimate of drug-likeness (QED) is 0.0680. The van der Waals surface area contributed by atoms with Crippen LogP contribution >= 0.6 is 0 Å². The fourth-order valence-corrected chi connectivity index (χ4v) is 10.1. The van der Waals surface area contributed by atoms with Crippen molar-refractivity contribution >= 4 is 41.0 Å². The number of nitrogens with two attached hydrogens (primary N) is 1. The molecule has 0 saturated carbocycles. The maximum absolute atomic E-state index is 14.4. The SMILES string of the molecule is CCC(C)C(C(CC(=O)N1CCCC1C(OC)C(C)C(=O)CC(Cc1ccccc1)C(=O)NCCCC(=O)CCCCCC1CC(=O)NC1C)OC)N(C)C(=O)C(CC(=O)C(C)(C)N)C(C)C. The summed E-state index contributed by atoms with van der Waals surface area (Å²) in [7, 11) is 4.84. The molecule has 4 N–H and O–H groups in total. The van der Waals surface area contributed by atoms with E-state index in [1.807, 2.05) is 71.9 Å². The molecular formula is C53H87N5O9. The van der Waals surface area contributed by atoms with Gasteiger partial charge in [0.05, 0.1) is 36.3 Å². The molecule has 14 heteroatoms. The number of nitrogens with one attached hydrogen (secondary N) is 2.